The van der Waals surface area contributed by atoms with E-state index >= 15 is 0 Å². The van der Waals surface area contributed by atoms with Crippen LogP contribution in [-0.2, 0) is 70.0 Å². The van der Waals surface area contributed by atoms with E-state index < -0.39 is 72.6 Å². The van der Waals surface area contributed by atoms with Crippen LogP contribution >= 0.6 is 35.7 Å². The zero-order chi connectivity index (χ0) is 53.5. The average molecular weight is 1260 g/mol. The van der Waals surface area contributed by atoms with Gasteiger partial charge in [-0.15, -0.1) is 0 Å². The number of anilines is 1. The number of unbranched alkanes of at least 4 members (excludes halogenated alkanes) is 2. The van der Waals surface area contributed by atoms with E-state index in [4.69, 9.17) is 11.6 Å². The minimum atomic E-state index is -5.14. The van der Waals surface area contributed by atoms with E-state index in [2.05, 4.69) is 18.7 Å². The summed E-state index contributed by atoms with van der Waals surface area (Å²) < 4.78 is 155. The molecule has 0 saturated heterocycles. The van der Waals surface area contributed by atoms with Gasteiger partial charge in [-0.1, -0.05) is 43.7 Å². The smallest absolute Gasteiger partial charge is 0.748 e. The van der Waals surface area contributed by atoms with Crippen molar-refractivity contribution in [1.82, 2.24) is 0 Å². The summed E-state index contributed by atoms with van der Waals surface area (Å²) >= 11 is 8.09. The summed E-state index contributed by atoms with van der Waals surface area (Å²) in [6, 6.07) is 11.6. The van der Waals surface area contributed by atoms with E-state index in [1.54, 1.807) is 24.3 Å². The first kappa shape index (κ1) is 75.3. The van der Waals surface area contributed by atoms with Gasteiger partial charge in [-0.25, -0.2) is 33.7 Å². The molecule has 0 saturated carbocycles. The Bertz CT molecular complexity index is 3530. The van der Waals surface area contributed by atoms with Gasteiger partial charge in [-0.2, -0.15) is 13.2 Å². The summed E-state index contributed by atoms with van der Waals surface area (Å²) in [6.45, 7) is 7.92. The van der Waals surface area contributed by atoms with Crippen molar-refractivity contribution in [2.45, 2.75) is 103 Å². The zero-order valence-electron chi connectivity index (χ0n) is 44.3. The maximum atomic E-state index is 12.9. The van der Waals surface area contributed by atoms with Crippen LogP contribution < -0.4 is 163 Å². The fourth-order valence-electron chi connectivity index (χ4n) is 9.99. The maximum absolute atomic E-state index is 12.9. The molecule has 396 valence electrons. The number of halogens is 1. The summed E-state index contributed by atoms with van der Waals surface area (Å²) in [4.78, 5) is 0.998. The molecule has 0 atom stereocenters. The first-order valence-corrected chi connectivity index (χ1v) is 30.1. The molecule has 0 unspecified atom stereocenters. The number of fused-ring (bicyclic) bond motifs is 6. The zero-order valence-corrected chi connectivity index (χ0v) is 59.9. The van der Waals surface area contributed by atoms with E-state index in [1.807, 2.05) is 61.5 Å². The Kier molecular flexibility index (Phi) is 29.7. The van der Waals surface area contributed by atoms with Gasteiger partial charge in [0.1, 0.15) is 26.8 Å². The first-order chi connectivity index (χ1) is 34.1. The van der Waals surface area contributed by atoms with Gasteiger partial charge in [0.05, 0.1) is 59.5 Å². The number of hydrogen-bond donors (Lipinski definition) is 0. The Balaban J connectivity index is 0.00000416. The predicted molar refractivity (Wildman–Crippen MR) is 263 cm³/mol. The van der Waals surface area contributed by atoms with Gasteiger partial charge in [-0.3, -0.25) is 10.1 Å². The molecule has 32 heteroatoms. The van der Waals surface area contributed by atoms with Gasteiger partial charge in [-0.05, 0) is 122 Å². The van der Waals surface area contributed by atoms with Crippen LogP contribution in [-0.4, -0.2) is 86.8 Å². The first-order valence-electron chi connectivity index (χ1n) is 22.3. The summed E-state index contributed by atoms with van der Waals surface area (Å²) in [5.41, 5.74) is 3.16. The summed E-state index contributed by atoms with van der Waals surface area (Å²) in [5.74, 6) is -1.19. The fourth-order valence-corrected chi connectivity index (χ4v) is 13.9. The maximum Gasteiger partial charge on any atom is 1.00 e. The molecule has 0 N–H and O–H groups in total. The van der Waals surface area contributed by atoms with Gasteiger partial charge in [0.15, 0.2) is 5.71 Å². The SMILES string of the molecule is CC1(C)C(C=CC2=C(Cl)C(=C/C=C3/N(CCCCS(=O)(=O)[O-])c4ccc5cc(S(=O)(=O)[O-])cc(SOO[O-])c5c4C3(C)C)CCC2)=[N+](CCCCS(=O)(=O)[O-])c2ccc3cc(SOO[O-])cc(S(=O)(=O)[O-])c3c21.[Na+].[Na+].[Na+].[Na+].[Na+]. The molecule has 1 aliphatic carbocycles. The summed E-state index contributed by atoms with van der Waals surface area (Å²) in [7, 11) is -19.1. The third-order valence-electron chi connectivity index (χ3n) is 13.0. The Morgan fingerprint density at radius 2 is 1.28 bits per heavy atom. The molecule has 7 rings (SSSR count). The van der Waals surface area contributed by atoms with Crippen LogP contribution in [0.25, 0.3) is 21.5 Å². The summed E-state index contributed by atoms with van der Waals surface area (Å²) in [6.07, 6.45) is 9.72. The normalized spacial score (nSPS) is 17.2. The van der Waals surface area contributed by atoms with Crippen LogP contribution in [0.5, 0.6) is 0 Å². The second kappa shape index (κ2) is 30.7. The molecule has 2 heterocycles. The van der Waals surface area contributed by atoms with Crippen molar-refractivity contribution < 1.29 is 234 Å². The average Bonchev–Trinajstić information content (AvgIpc) is 3.65. The van der Waals surface area contributed by atoms with Crippen LogP contribution in [0, 0.1) is 0 Å². The van der Waals surface area contributed by atoms with E-state index in [9.17, 15) is 62.4 Å². The Labute approximate surface area is 578 Å². The molecule has 0 fully saturated rings. The largest absolute Gasteiger partial charge is 1.00 e. The number of benzene rings is 4. The molecule has 4 aromatic carbocycles. The standard InChI is InChI=1S/C46H51ClN2O18S6.5Na/c1-45(2)38(48(20-5-7-22-70(52,53)54)34-17-13-31-25-33(72(58,59)60)27-36(69-67-65-51)40(31)42(34)45)18-14-28-10-9-11-29(44(28)47)15-19-39-46(3,4)43-35(49(39)21-6-8-23-71(55,56)57)16-12-30-24-32(68-66-64-50)26-37(41(30)43)73(61,62)63;;;;;/h12-19,24-27H,5-11,20-23H2,1-4H3,(H5-,50,51,52,53,54,55,56,57,58,59,60,61,62,63);;;;;/q;5*+1/p-5. The Morgan fingerprint density at radius 3 is 1.88 bits per heavy atom. The minimum Gasteiger partial charge on any atom is -0.748 e. The van der Waals surface area contributed by atoms with E-state index in [1.165, 1.54) is 12.1 Å². The van der Waals surface area contributed by atoms with Crippen LogP contribution in [0.3, 0.4) is 0 Å². The second-order valence-electron chi connectivity index (χ2n) is 18.5. The van der Waals surface area contributed by atoms with Crippen LogP contribution in [0.4, 0.5) is 11.4 Å². The van der Waals surface area contributed by atoms with Crippen molar-refractivity contribution in [1.29, 1.82) is 0 Å². The van der Waals surface area contributed by atoms with Crippen LogP contribution in [0.1, 0.15) is 83.8 Å². The Morgan fingerprint density at radius 1 is 0.679 bits per heavy atom. The van der Waals surface area contributed by atoms with Gasteiger partial charge in [0.25, 0.3) is 0 Å². The van der Waals surface area contributed by atoms with Gasteiger partial charge in [0, 0.05) is 84.6 Å². The monoisotopic (exact) mass is 1260 g/mol. The molecule has 0 radical (unpaired) electrons. The van der Waals surface area contributed by atoms with Crippen LogP contribution in [0.15, 0.2) is 114 Å². The van der Waals surface area contributed by atoms with Crippen LogP contribution in [0.2, 0.25) is 0 Å². The molecule has 0 amide bonds. The van der Waals surface area contributed by atoms with Gasteiger partial charge < -0.3 is 33.6 Å². The molecular formula is C46H46ClN2Na5O18S6. The van der Waals surface area contributed by atoms with Crippen molar-refractivity contribution in [3.63, 3.8) is 0 Å². The molecule has 4 aromatic rings. The molecule has 0 aromatic heterocycles. The molecule has 0 spiro atoms. The minimum absolute atomic E-state index is 0. The van der Waals surface area contributed by atoms with Crippen molar-refractivity contribution in [3.8, 4) is 0 Å². The van der Waals surface area contributed by atoms with Crippen molar-refractivity contribution in [3.05, 3.63) is 106 Å². The molecule has 0 bridgehead atoms. The summed E-state index contributed by atoms with van der Waals surface area (Å²) in [5, 5.41) is 30.3. The molecule has 78 heavy (non-hydrogen) atoms. The molecule has 3 aliphatic rings. The number of rotatable bonds is 21. The van der Waals surface area contributed by atoms with Crippen molar-refractivity contribution in [2.24, 2.45) is 0 Å². The predicted octanol–water partition coefficient (Wildman–Crippen LogP) is -8.85. The fraction of sp³-hybridized carbons (Fsp3) is 0.370. The molecule has 20 nitrogen and oxygen atoms in total. The number of hydrogen-bond acceptors (Lipinski definition) is 21. The topological polar surface area (TPSA) is 318 Å². The van der Waals surface area contributed by atoms with E-state index in [0.717, 1.165) is 23.3 Å². The molecular weight excluding hydrogens is 1210 g/mol. The second-order valence-corrected chi connectivity index (χ2v) is 26.1. The van der Waals surface area contributed by atoms with Gasteiger partial charge >= 0.3 is 148 Å². The number of allylic oxidation sites excluding steroid dienone is 8. The van der Waals surface area contributed by atoms with E-state index in [0.29, 0.717) is 98.4 Å². The van der Waals surface area contributed by atoms with Crippen molar-refractivity contribution >= 4 is 115 Å². The third kappa shape index (κ3) is 17.7. The van der Waals surface area contributed by atoms with E-state index in [-0.39, 0.29) is 202 Å². The molecule has 2 aliphatic heterocycles. The van der Waals surface area contributed by atoms with Crippen molar-refractivity contribution in [2.75, 3.05) is 29.5 Å². The van der Waals surface area contributed by atoms with Gasteiger partial charge in [0.2, 0.25) is 5.69 Å². The Hall–Kier alpha value is 1.22. The quantitative estimate of drug-likeness (QED) is 0.0142. The number of nitrogens with zero attached hydrogens (tertiary/aromatic N) is 2. The third-order valence-corrected chi connectivity index (χ3v) is 17.9.